The Morgan fingerprint density at radius 3 is 3.11 bits per heavy atom. The molecule has 2 aromatic heterocycles. The first-order valence-corrected chi connectivity index (χ1v) is 6.43. The van der Waals surface area contributed by atoms with Gasteiger partial charge in [0.2, 0.25) is 0 Å². The highest BCUT2D eigenvalue weighted by molar-refractivity contribution is 5.37. The molecule has 0 amide bonds. The second-order valence-corrected chi connectivity index (χ2v) is 4.48. The van der Waals surface area contributed by atoms with Crippen molar-refractivity contribution >= 4 is 5.82 Å². The van der Waals surface area contributed by atoms with Crippen molar-refractivity contribution in [1.82, 2.24) is 24.7 Å². The van der Waals surface area contributed by atoms with Gasteiger partial charge in [-0.25, -0.2) is 14.4 Å². The lowest BCUT2D eigenvalue weighted by molar-refractivity contribution is 0.595. The van der Waals surface area contributed by atoms with Crippen molar-refractivity contribution in [2.24, 2.45) is 0 Å². The number of aryl methyl sites for hydroxylation is 2. The summed E-state index contributed by atoms with van der Waals surface area (Å²) < 4.78 is 16.0. The average Bonchev–Trinajstić information content (AvgIpc) is 3.01. The van der Waals surface area contributed by atoms with Crippen molar-refractivity contribution in [3.63, 3.8) is 0 Å². The molecule has 0 saturated carbocycles. The van der Waals surface area contributed by atoms with Crippen LogP contribution in [-0.4, -0.2) is 24.7 Å². The Labute approximate surface area is 110 Å². The van der Waals surface area contributed by atoms with Crippen molar-refractivity contribution in [3.05, 3.63) is 29.5 Å². The van der Waals surface area contributed by atoms with Crippen LogP contribution in [0.4, 0.5) is 10.2 Å². The Kier molecular flexibility index (Phi) is 3.10. The molecule has 1 aliphatic rings. The summed E-state index contributed by atoms with van der Waals surface area (Å²) in [6.45, 7) is 3.22. The van der Waals surface area contributed by atoms with Crippen LogP contribution in [-0.2, 0) is 25.9 Å². The van der Waals surface area contributed by atoms with Gasteiger partial charge in [-0.15, -0.1) is 10.2 Å². The van der Waals surface area contributed by atoms with Crippen LogP contribution < -0.4 is 5.32 Å². The van der Waals surface area contributed by atoms with Gasteiger partial charge >= 0.3 is 0 Å². The smallest absolute Gasteiger partial charge is 0.186 e. The maximum atomic E-state index is 13.9. The minimum absolute atomic E-state index is 0.224. The number of hydrogen-bond donors (Lipinski definition) is 1. The van der Waals surface area contributed by atoms with E-state index in [0.29, 0.717) is 18.7 Å². The molecular weight excluding hydrogens is 247 g/mol. The first-order valence-electron chi connectivity index (χ1n) is 6.43. The molecule has 1 aliphatic heterocycles. The Hall–Kier alpha value is -2.05. The minimum Gasteiger partial charge on any atom is -0.360 e. The number of rotatable bonds is 4. The van der Waals surface area contributed by atoms with Gasteiger partial charge in [-0.05, 0) is 12.8 Å². The van der Waals surface area contributed by atoms with E-state index in [4.69, 9.17) is 0 Å². The van der Waals surface area contributed by atoms with E-state index in [1.165, 1.54) is 6.33 Å². The molecule has 0 atom stereocenters. The van der Waals surface area contributed by atoms with E-state index >= 15 is 0 Å². The number of anilines is 1. The fourth-order valence-electron chi connectivity index (χ4n) is 2.28. The molecule has 0 unspecified atom stereocenters. The summed E-state index contributed by atoms with van der Waals surface area (Å²) in [4.78, 5) is 7.83. The molecule has 0 saturated heterocycles. The molecule has 7 heteroatoms. The number of nitrogens with zero attached hydrogens (tertiary/aromatic N) is 5. The molecular formula is C12H15FN6. The third-order valence-corrected chi connectivity index (χ3v) is 3.30. The zero-order valence-electron chi connectivity index (χ0n) is 10.7. The van der Waals surface area contributed by atoms with Gasteiger partial charge in [0.05, 0.1) is 12.2 Å². The normalized spacial score (nSPS) is 13.6. The highest BCUT2D eigenvalue weighted by atomic mass is 19.1. The number of halogens is 1. The topological polar surface area (TPSA) is 68.5 Å². The highest BCUT2D eigenvalue weighted by Gasteiger charge is 2.17. The SMILES string of the molecule is CCc1ncnc(NCc2nnc3n2CCC3)c1F. The Morgan fingerprint density at radius 2 is 2.26 bits per heavy atom. The van der Waals surface area contributed by atoms with E-state index in [1.807, 2.05) is 6.92 Å². The van der Waals surface area contributed by atoms with Crippen LogP contribution in [0.5, 0.6) is 0 Å². The molecule has 0 bridgehead atoms. The Balaban J connectivity index is 1.76. The molecule has 0 radical (unpaired) electrons. The van der Waals surface area contributed by atoms with Crippen LogP contribution in [0, 0.1) is 5.82 Å². The summed E-state index contributed by atoms with van der Waals surface area (Å²) >= 11 is 0. The van der Waals surface area contributed by atoms with E-state index in [2.05, 4.69) is 30.0 Å². The van der Waals surface area contributed by atoms with Gasteiger partial charge in [-0.3, -0.25) is 0 Å². The summed E-state index contributed by atoms with van der Waals surface area (Å²) in [5.41, 5.74) is 0.420. The second kappa shape index (κ2) is 4.91. The van der Waals surface area contributed by atoms with Crippen LogP contribution in [0.25, 0.3) is 0 Å². The fourth-order valence-corrected chi connectivity index (χ4v) is 2.28. The first kappa shape index (κ1) is 12.0. The van der Waals surface area contributed by atoms with Gasteiger partial charge in [0.25, 0.3) is 0 Å². The lowest BCUT2D eigenvalue weighted by Crippen LogP contribution is -2.11. The molecule has 3 heterocycles. The van der Waals surface area contributed by atoms with Crippen molar-refractivity contribution < 1.29 is 4.39 Å². The van der Waals surface area contributed by atoms with Crippen LogP contribution in [0.1, 0.15) is 30.7 Å². The number of nitrogens with one attached hydrogen (secondary N) is 1. The van der Waals surface area contributed by atoms with Crippen molar-refractivity contribution in [3.8, 4) is 0 Å². The zero-order chi connectivity index (χ0) is 13.2. The van der Waals surface area contributed by atoms with Crippen molar-refractivity contribution in [1.29, 1.82) is 0 Å². The number of hydrogen-bond acceptors (Lipinski definition) is 5. The molecule has 100 valence electrons. The Bertz CT molecular complexity index is 594. The summed E-state index contributed by atoms with van der Waals surface area (Å²) in [5, 5.41) is 11.2. The molecule has 0 spiro atoms. The molecule has 3 rings (SSSR count). The van der Waals surface area contributed by atoms with Crippen LogP contribution in [0.2, 0.25) is 0 Å². The first-order chi connectivity index (χ1) is 9.29. The van der Waals surface area contributed by atoms with Gasteiger partial charge < -0.3 is 9.88 Å². The van der Waals surface area contributed by atoms with E-state index in [-0.39, 0.29) is 11.6 Å². The van der Waals surface area contributed by atoms with Crippen LogP contribution in [0.15, 0.2) is 6.33 Å². The van der Waals surface area contributed by atoms with Gasteiger partial charge in [0.15, 0.2) is 17.5 Å². The molecule has 0 aliphatic carbocycles. The maximum Gasteiger partial charge on any atom is 0.186 e. The lowest BCUT2D eigenvalue weighted by atomic mass is 10.3. The van der Waals surface area contributed by atoms with Gasteiger partial charge in [-0.2, -0.15) is 0 Å². The van der Waals surface area contributed by atoms with Gasteiger partial charge in [0.1, 0.15) is 12.2 Å². The summed E-state index contributed by atoms with van der Waals surface area (Å²) in [5.74, 6) is 1.67. The standard InChI is InChI=1S/C12H15FN6/c1-2-8-11(13)12(16-7-15-8)14-6-10-18-17-9-4-3-5-19(9)10/h7H,2-6H2,1H3,(H,14,15,16). The summed E-state index contributed by atoms with van der Waals surface area (Å²) in [6, 6.07) is 0. The average molecular weight is 262 g/mol. The van der Waals surface area contributed by atoms with E-state index in [1.54, 1.807) is 0 Å². The predicted molar refractivity (Wildman–Crippen MR) is 67.0 cm³/mol. The number of aromatic nitrogens is 5. The molecule has 0 aromatic carbocycles. The van der Waals surface area contributed by atoms with Crippen LogP contribution in [0.3, 0.4) is 0 Å². The summed E-state index contributed by atoms with van der Waals surface area (Å²) in [7, 11) is 0. The van der Waals surface area contributed by atoms with Crippen molar-refractivity contribution in [2.45, 2.75) is 39.3 Å². The molecule has 1 N–H and O–H groups in total. The molecule has 6 nitrogen and oxygen atoms in total. The third-order valence-electron chi connectivity index (χ3n) is 3.30. The monoisotopic (exact) mass is 262 g/mol. The van der Waals surface area contributed by atoms with Gasteiger partial charge in [0, 0.05) is 13.0 Å². The predicted octanol–water partition coefficient (Wildman–Crippen LogP) is 1.33. The lowest BCUT2D eigenvalue weighted by Gasteiger charge is -2.08. The molecule has 0 fully saturated rings. The second-order valence-electron chi connectivity index (χ2n) is 4.48. The van der Waals surface area contributed by atoms with E-state index in [9.17, 15) is 4.39 Å². The largest absolute Gasteiger partial charge is 0.360 e. The van der Waals surface area contributed by atoms with Crippen molar-refractivity contribution in [2.75, 3.05) is 5.32 Å². The summed E-state index contributed by atoms with van der Waals surface area (Å²) in [6.07, 6.45) is 3.98. The Morgan fingerprint density at radius 1 is 1.37 bits per heavy atom. The number of fused-ring (bicyclic) bond motifs is 1. The van der Waals surface area contributed by atoms with E-state index in [0.717, 1.165) is 31.0 Å². The highest BCUT2D eigenvalue weighted by Crippen LogP contribution is 2.17. The molecule has 2 aromatic rings. The van der Waals surface area contributed by atoms with Crippen LogP contribution >= 0.6 is 0 Å². The minimum atomic E-state index is -0.383. The zero-order valence-corrected chi connectivity index (χ0v) is 10.7. The fraction of sp³-hybridized carbons (Fsp3) is 0.500. The third kappa shape index (κ3) is 2.16. The quantitative estimate of drug-likeness (QED) is 0.900. The maximum absolute atomic E-state index is 13.9. The van der Waals surface area contributed by atoms with Gasteiger partial charge in [-0.1, -0.05) is 6.92 Å². The van der Waals surface area contributed by atoms with E-state index < -0.39 is 0 Å². The molecule has 19 heavy (non-hydrogen) atoms.